The maximum atomic E-state index is 4.16. The van der Waals surface area contributed by atoms with Crippen LogP contribution < -0.4 is 0 Å². The molecule has 0 amide bonds. The van der Waals surface area contributed by atoms with E-state index in [0.717, 1.165) is 0 Å². The first-order chi connectivity index (χ1) is 7.34. The predicted octanol–water partition coefficient (Wildman–Crippen LogP) is 5.12. The lowest BCUT2D eigenvalue weighted by Crippen LogP contribution is -1.94. The summed E-state index contributed by atoms with van der Waals surface area (Å²) >= 11 is 0. The van der Waals surface area contributed by atoms with Crippen molar-refractivity contribution in [3.05, 3.63) is 30.1 Å². The lowest BCUT2D eigenvalue weighted by atomic mass is 9.96. The van der Waals surface area contributed by atoms with Crippen molar-refractivity contribution in [3.63, 3.8) is 0 Å². The van der Waals surface area contributed by atoms with E-state index in [1.54, 1.807) is 0 Å². The Morgan fingerprint density at radius 1 is 1.19 bits per heavy atom. The van der Waals surface area contributed by atoms with Gasteiger partial charge in [-0.1, -0.05) is 52.0 Å². The molecule has 0 saturated heterocycles. The van der Waals surface area contributed by atoms with Gasteiger partial charge in [0.2, 0.25) is 0 Å². The number of hydrogen-bond donors (Lipinski definition) is 0. The van der Waals surface area contributed by atoms with Crippen molar-refractivity contribution in [1.82, 2.24) is 4.98 Å². The minimum Gasteiger partial charge on any atom is -0.264 e. The van der Waals surface area contributed by atoms with E-state index in [4.69, 9.17) is 0 Å². The van der Waals surface area contributed by atoms with Crippen molar-refractivity contribution in [2.24, 2.45) is 0 Å². The topological polar surface area (TPSA) is 12.9 Å². The zero-order chi connectivity index (χ0) is 10.9. The molecule has 0 spiro atoms. The molecule has 92 valence electrons. The fraction of sp³-hybridized carbons (Fsp3) is 0.643. The Hall–Kier alpha value is -0.370. The van der Waals surface area contributed by atoms with Gasteiger partial charge in [-0.15, -0.1) is 17.0 Å². The second kappa shape index (κ2) is 9.83. The molecule has 1 heterocycles. The maximum Gasteiger partial charge on any atom is 0.0302 e. The van der Waals surface area contributed by atoms with E-state index in [9.17, 15) is 0 Å². The summed E-state index contributed by atoms with van der Waals surface area (Å²) in [6, 6.07) is 4.21. The maximum absolute atomic E-state index is 4.16. The van der Waals surface area contributed by atoms with Crippen LogP contribution in [-0.4, -0.2) is 4.98 Å². The largest absolute Gasteiger partial charge is 0.264 e. The summed E-state index contributed by atoms with van der Waals surface area (Å²) in [6.07, 6.45) is 12.0. The van der Waals surface area contributed by atoms with Gasteiger partial charge in [-0.25, -0.2) is 0 Å². The van der Waals surface area contributed by atoms with Crippen LogP contribution in [0.2, 0.25) is 0 Å². The Morgan fingerprint density at radius 3 is 2.56 bits per heavy atom. The highest BCUT2D eigenvalue weighted by molar-refractivity contribution is 8.93. The van der Waals surface area contributed by atoms with Crippen LogP contribution in [-0.2, 0) is 0 Å². The summed E-state index contributed by atoms with van der Waals surface area (Å²) in [5.41, 5.74) is 1.38. The van der Waals surface area contributed by atoms with Crippen molar-refractivity contribution in [2.45, 2.75) is 58.3 Å². The minimum atomic E-state index is 0. The molecule has 1 unspecified atom stereocenters. The van der Waals surface area contributed by atoms with Crippen LogP contribution >= 0.6 is 17.0 Å². The van der Waals surface area contributed by atoms with Gasteiger partial charge in [-0.05, 0) is 24.0 Å². The first kappa shape index (κ1) is 15.6. The van der Waals surface area contributed by atoms with Gasteiger partial charge in [-0.3, -0.25) is 4.98 Å². The fourth-order valence-corrected chi connectivity index (χ4v) is 1.89. The molecular formula is C14H24BrN. The number of nitrogens with zero attached hydrogens (tertiary/aromatic N) is 1. The molecule has 1 aromatic heterocycles. The van der Waals surface area contributed by atoms with Gasteiger partial charge >= 0.3 is 0 Å². The standard InChI is InChI=1S/C14H23N.BrH/c1-3-4-5-6-7-9-13(2)14-10-8-11-15-12-14;/h8,10-13H,3-7,9H2,1-2H3;1H. The van der Waals surface area contributed by atoms with Crippen LogP contribution in [0, 0.1) is 0 Å². The molecule has 0 fully saturated rings. The van der Waals surface area contributed by atoms with Gasteiger partial charge in [0.1, 0.15) is 0 Å². The molecular weight excluding hydrogens is 262 g/mol. The molecule has 0 aliphatic rings. The van der Waals surface area contributed by atoms with Crippen LogP contribution in [0.25, 0.3) is 0 Å². The first-order valence-corrected chi connectivity index (χ1v) is 6.24. The van der Waals surface area contributed by atoms with Crippen LogP contribution in [0.4, 0.5) is 0 Å². The highest BCUT2D eigenvalue weighted by atomic mass is 79.9. The lowest BCUT2D eigenvalue weighted by molar-refractivity contribution is 0.566. The van der Waals surface area contributed by atoms with E-state index >= 15 is 0 Å². The molecule has 0 aliphatic carbocycles. The third-order valence-corrected chi connectivity index (χ3v) is 2.99. The number of unbranched alkanes of at least 4 members (excludes halogenated alkanes) is 4. The van der Waals surface area contributed by atoms with Gasteiger partial charge in [0.15, 0.2) is 0 Å². The van der Waals surface area contributed by atoms with Crippen LogP contribution in [0.5, 0.6) is 0 Å². The van der Waals surface area contributed by atoms with E-state index in [0.29, 0.717) is 5.92 Å². The molecule has 1 atom stereocenters. The fourth-order valence-electron chi connectivity index (χ4n) is 1.89. The van der Waals surface area contributed by atoms with Gasteiger partial charge in [-0.2, -0.15) is 0 Å². The molecule has 2 heteroatoms. The molecule has 0 radical (unpaired) electrons. The Kier molecular flexibility index (Phi) is 9.60. The summed E-state index contributed by atoms with van der Waals surface area (Å²) < 4.78 is 0. The zero-order valence-corrected chi connectivity index (χ0v) is 12.2. The van der Waals surface area contributed by atoms with E-state index in [1.165, 1.54) is 44.1 Å². The molecule has 1 rings (SSSR count). The third-order valence-electron chi connectivity index (χ3n) is 2.99. The summed E-state index contributed by atoms with van der Waals surface area (Å²) in [5, 5.41) is 0. The summed E-state index contributed by atoms with van der Waals surface area (Å²) in [5.74, 6) is 0.667. The molecule has 0 N–H and O–H groups in total. The normalized spacial score (nSPS) is 11.9. The summed E-state index contributed by atoms with van der Waals surface area (Å²) in [7, 11) is 0. The van der Waals surface area contributed by atoms with Crippen molar-refractivity contribution < 1.29 is 0 Å². The van der Waals surface area contributed by atoms with Gasteiger partial charge in [0.25, 0.3) is 0 Å². The minimum absolute atomic E-state index is 0. The molecule has 0 aliphatic heterocycles. The summed E-state index contributed by atoms with van der Waals surface area (Å²) in [6.45, 7) is 4.56. The van der Waals surface area contributed by atoms with Crippen LogP contribution in [0.15, 0.2) is 24.5 Å². The molecule has 1 aromatic rings. The Balaban J connectivity index is 0.00000225. The van der Waals surface area contributed by atoms with Crippen molar-refractivity contribution in [1.29, 1.82) is 0 Å². The number of aromatic nitrogens is 1. The average Bonchev–Trinajstić information content (AvgIpc) is 2.30. The molecule has 0 aromatic carbocycles. The quantitative estimate of drug-likeness (QED) is 0.634. The zero-order valence-electron chi connectivity index (χ0n) is 10.5. The molecule has 0 bridgehead atoms. The van der Waals surface area contributed by atoms with Crippen LogP contribution in [0.1, 0.15) is 63.9 Å². The first-order valence-electron chi connectivity index (χ1n) is 6.24. The summed E-state index contributed by atoms with van der Waals surface area (Å²) in [4.78, 5) is 4.16. The van der Waals surface area contributed by atoms with E-state index in [-0.39, 0.29) is 17.0 Å². The third kappa shape index (κ3) is 6.26. The number of halogens is 1. The van der Waals surface area contributed by atoms with Crippen LogP contribution in [0.3, 0.4) is 0 Å². The smallest absolute Gasteiger partial charge is 0.0302 e. The monoisotopic (exact) mass is 285 g/mol. The van der Waals surface area contributed by atoms with Gasteiger partial charge in [0.05, 0.1) is 0 Å². The second-order valence-electron chi connectivity index (χ2n) is 4.39. The highest BCUT2D eigenvalue weighted by Crippen LogP contribution is 2.20. The number of rotatable bonds is 7. The number of hydrogen-bond acceptors (Lipinski definition) is 1. The number of pyridine rings is 1. The van der Waals surface area contributed by atoms with Gasteiger partial charge in [0, 0.05) is 12.4 Å². The van der Waals surface area contributed by atoms with Crippen molar-refractivity contribution in [2.75, 3.05) is 0 Å². The SMILES string of the molecule is Br.CCCCCCCC(C)c1cccnc1. The van der Waals surface area contributed by atoms with E-state index in [2.05, 4.69) is 24.9 Å². The second-order valence-corrected chi connectivity index (χ2v) is 4.39. The lowest BCUT2D eigenvalue weighted by Gasteiger charge is -2.10. The molecule has 1 nitrogen and oxygen atoms in total. The van der Waals surface area contributed by atoms with Crippen molar-refractivity contribution >= 4 is 17.0 Å². The molecule has 16 heavy (non-hydrogen) atoms. The van der Waals surface area contributed by atoms with Crippen molar-refractivity contribution in [3.8, 4) is 0 Å². The van der Waals surface area contributed by atoms with E-state index in [1.807, 2.05) is 18.5 Å². The predicted molar refractivity (Wildman–Crippen MR) is 76.4 cm³/mol. The van der Waals surface area contributed by atoms with E-state index < -0.39 is 0 Å². The average molecular weight is 286 g/mol. The Bertz CT molecular complexity index is 248. The van der Waals surface area contributed by atoms with Gasteiger partial charge < -0.3 is 0 Å². The highest BCUT2D eigenvalue weighted by Gasteiger charge is 2.04. The Labute approximate surface area is 110 Å². The Morgan fingerprint density at radius 2 is 1.94 bits per heavy atom. The molecule has 0 saturated carbocycles.